The van der Waals surface area contributed by atoms with Gasteiger partial charge in [0.15, 0.2) is 0 Å². The van der Waals surface area contributed by atoms with Gasteiger partial charge >= 0.3 is 0 Å². The molecule has 6 nitrogen and oxygen atoms in total. The summed E-state index contributed by atoms with van der Waals surface area (Å²) in [6.45, 7) is 0.0432. The van der Waals surface area contributed by atoms with E-state index < -0.39 is 10.0 Å². The molecule has 0 bridgehead atoms. The number of hydrogen-bond acceptors (Lipinski definition) is 5. The molecule has 0 radical (unpaired) electrons. The number of nitrogens with one attached hydrogen (secondary N) is 2. The van der Waals surface area contributed by atoms with Crippen molar-refractivity contribution in [1.82, 2.24) is 4.72 Å². The average Bonchev–Trinajstić information content (AvgIpc) is 3.45. The Bertz CT molecular complexity index is 1250. The molecule has 2 aromatic carbocycles. The summed E-state index contributed by atoms with van der Waals surface area (Å²) < 4.78 is 32.8. The van der Waals surface area contributed by atoms with Crippen molar-refractivity contribution in [2.75, 3.05) is 5.32 Å². The molecule has 2 N–H and O–H groups in total. The molecule has 0 saturated carbocycles. The van der Waals surface area contributed by atoms with Crippen LogP contribution in [-0.4, -0.2) is 14.3 Å². The number of benzene rings is 2. The van der Waals surface area contributed by atoms with Gasteiger partial charge in [0.1, 0.15) is 5.76 Å². The standard InChI is InChI=1S/C22H18N2O4S2/c25-22(21-20(11-13-29-21)16-6-2-1-3-7-16)24-17-8-4-10-19(14-17)30(26,27)23-15-18-9-5-12-28-18/h1-14,23H,15H2,(H,24,25). The number of furan rings is 1. The molecule has 0 aliphatic rings. The number of sulfonamides is 1. The van der Waals surface area contributed by atoms with Gasteiger partial charge in [-0.15, -0.1) is 11.3 Å². The van der Waals surface area contributed by atoms with Gasteiger partial charge in [0, 0.05) is 11.3 Å². The van der Waals surface area contributed by atoms with Crippen LogP contribution in [0, 0.1) is 0 Å². The maximum absolute atomic E-state index is 12.8. The summed E-state index contributed by atoms with van der Waals surface area (Å²) in [5.74, 6) is 0.219. The van der Waals surface area contributed by atoms with Crippen molar-refractivity contribution < 1.29 is 17.6 Å². The number of amides is 1. The molecule has 1 amide bonds. The largest absolute Gasteiger partial charge is 0.468 e. The summed E-state index contributed by atoms with van der Waals surface area (Å²) in [7, 11) is -3.76. The lowest BCUT2D eigenvalue weighted by atomic mass is 10.1. The molecule has 0 aliphatic heterocycles. The smallest absolute Gasteiger partial charge is 0.266 e. The average molecular weight is 439 g/mol. The second-order valence-electron chi connectivity index (χ2n) is 6.42. The Morgan fingerprint density at radius 3 is 2.57 bits per heavy atom. The normalized spacial score (nSPS) is 11.3. The van der Waals surface area contributed by atoms with Crippen molar-refractivity contribution >= 4 is 33.0 Å². The van der Waals surface area contributed by atoms with Crippen LogP contribution in [0.25, 0.3) is 11.1 Å². The first-order valence-electron chi connectivity index (χ1n) is 9.09. The van der Waals surface area contributed by atoms with Gasteiger partial charge in [-0.2, -0.15) is 0 Å². The molecule has 0 atom stereocenters. The third-order valence-corrected chi connectivity index (χ3v) is 6.69. The number of carbonyl (C=O) groups is 1. The van der Waals surface area contributed by atoms with Crippen molar-refractivity contribution in [2.24, 2.45) is 0 Å². The summed E-state index contributed by atoms with van der Waals surface area (Å²) in [5.41, 5.74) is 2.18. The minimum Gasteiger partial charge on any atom is -0.468 e. The van der Waals surface area contributed by atoms with Crippen LogP contribution in [0.3, 0.4) is 0 Å². The minimum absolute atomic E-state index is 0.0432. The van der Waals surface area contributed by atoms with E-state index in [0.29, 0.717) is 16.3 Å². The van der Waals surface area contributed by atoms with Crippen LogP contribution in [0.4, 0.5) is 5.69 Å². The van der Waals surface area contributed by atoms with Crippen molar-refractivity contribution in [3.05, 3.63) is 95.1 Å². The van der Waals surface area contributed by atoms with E-state index in [1.54, 1.807) is 24.3 Å². The fourth-order valence-corrected chi connectivity index (χ4v) is 4.77. The van der Waals surface area contributed by atoms with Crippen LogP contribution >= 0.6 is 11.3 Å². The summed E-state index contributed by atoms with van der Waals surface area (Å²) in [4.78, 5) is 13.5. The highest BCUT2D eigenvalue weighted by molar-refractivity contribution is 7.89. The molecular formula is C22H18N2O4S2. The zero-order chi connectivity index (χ0) is 21.0. The predicted molar refractivity (Wildman–Crippen MR) is 117 cm³/mol. The molecule has 0 spiro atoms. The number of hydrogen-bond donors (Lipinski definition) is 2. The Balaban J connectivity index is 1.51. The lowest BCUT2D eigenvalue weighted by Gasteiger charge is -2.09. The second kappa shape index (κ2) is 8.66. The molecule has 152 valence electrons. The molecule has 8 heteroatoms. The molecule has 30 heavy (non-hydrogen) atoms. The first-order chi connectivity index (χ1) is 14.5. The van der Waals surface area contributed by atoms with Crippen molar-refractivity contribution in [2.45, 2.75) is 11.4 Å². The highest BCUT2D eigenvalue weighted by Crippen LogP contribution is 2.29. The molecule has 0 aliphatic carbocycles. The second-order valence-corrected chi connectivity index (χ2v) is 9.10. The fourth-order valence-electron chi connectivity index (χ4n) is 2.92. The molecule has 0 saturated heterocycles. The Morgan fingerprint density at radius 1 is 0.967 bits per heavy atom. The van der Waals surface area contributed by atoms with Gasteiger partial charge in [0.25, 0.3) is 5.91 Å². The van der Waals surface area contributed by atoms with Gasteiger partial charge in [0.2, 0.25) is 10.0 Å². The van der Waals surface area contributed by atoms with Crippen molar-refractivity contribution in [3.8, 4) is 11.1 Å². The van der Waals surface area contributed by atoms with Crippen LogP contribution in [0.15, 0.2) is 93.8 Å². The van der Waals surface area contributed by atoms with Crippen molar-refractivity contribution in [1.29, 1.82) is 0 Å². The van der Waals surface area contributed by atoms with Gasteiger partial charge in [0.05, 0.1) is 22.6 Å². The van der Waals surface area contributed by atoms with E-state index in [0.717, 1.165) is 11.1 Å². The first-order valence-corrected chi connectivity index (χ1v) is 11.5. The molecule has 4 aromatic rings. The van der Waals surface area contributed by atoms with E-state index >= 15 is 0 Å². The zero-order valence-corrected chi connectivity index (χ0v) is 17.4. The predicted octanol–water partition coefficient (Wildman–Crippen LogP) is 4.74. The maximum Gasteiger partial charge on any atom is 0.266 e. The number of rotatable bonds is 7. The SMILES string of the molecule is O=C(Nc1cccc(S(=O)(=O)NCc2ccco2)c1)c1sccc1-c1ccccc1. The fraction of sp³-hybridized carbons (Fsp3) is 0.0455. The lowest BCUT2D eigenvalue weighted by molar-refractivity contribution is 0.103. The summed E-state index contributed by atoms with van der Waals surface area (Å²) in [6, 6.07) is 21.0. The van der Waals surface area contributed by atoms with E-state index in [4.69, 9.17) is 4.42 Å². The van der Waals surface area contributed by atoms with E-state index in [-0.39, 0.29) is 17.3 Å². The van der Waals surface area contributed by atoms with E-state index in [1.165, 1.54) is 29.7 Å². The van der Waals surface area contributed by atoms with E-state index in [9.17, 15) is 13.2 Å². The maximum atomic E-state index is 12.8. The zero-order valence-electron chi connectivity index (χ0n) is 15.7. The number of anilines is 1. The molecule has 0 fully saturated rings. The Labute approximate surface area is 178 Å². The molecular weight excluding hydrogens is 420 g/mol. The molecule has 2 heterocycles. The van der Waals surface area contributed by atoms with E-state index in [1.807, 2.05) is 41.8 Å². The monoisotopic (exact) mass is 438 g/mol. The number of carbonyl (C=O) groups excluding carboxylic acids is 1. The lowest BCUT2D eigenvalue weighted by Crippen LogP contribution is -2.23. The minimum atomic E-state index is -3.76. The van der Waals surface area contributed by atoms with Crippen molar-refractivity contribution in [3.63, 3.8) is 0 Å². The van der Waals surface area contributed by atoms with Crippen LogP contribution in [0.5, 0.6) is 0 Å². The quantitative estimate of drug-likeness (QED) is 0.436. The first kappa shape index (κ1) is 20.1. The van der Waals surface area contributed by atoms with Gasteiger partial charge in [-0.3, -0.25) is 4.79 Å². The molecule has 4 rings (SSSR count). The van der Waals surface area contributed by atoms with Crippen LogP contribution in [0.1, 0.15) is 15.4 Å². The summed E-state index contributed by atoms with van der Waals surface area (Å²) in [5, 5.41) is 4.66. The molecule has 0 unspecified atom stereocenters. The van der Waals surface area contributed by atoms with Crippen LogP contribution < -0.4 is 10.0 Å². The molecule has 2 aromatic heterocycles. The Hall–Kier alpha value is -3.20. The summed E-state index contributed by atoms with van der Waals surface area (Å²) >= 11 is 1.34. The third-order valence-electron chi connectivity index (χ3n) is 4.37. The van der Waals surface area contributed by atoms with Crippen LogP contribution in [-0.2, 0) is 16.6 Å². The van der Waals surface area contributed by atoms with E-state index in [2.05, 4.69) is 10.0 Å². The van der Waals surface area contributed by atoms with Crippen LogP contribution in [0.2, 0.25) is 0 Å². The summed E-state index contributed by atoms with van der Waals surface area (Å²) in [6.07, 6.45) is 1.48. The topological polar surface area (TPSA) is 88.4 Å². The van der Waals surface area contributed by atoms with Gasteiger partial charge in [-0.05, 0) is 47.3 Å². The third kappa shape index (κ3) is 4.51. The van der Waals surface area contributed by atoms with Gasteiger partial charge in [-0.1, -0.05) is 36.4 Å². The van der Waals surface area contributed by atoms with Gasteiger partial charge in [-0.25, -0.2) is 13.1 Å². The number of thiophene rings is 1. The Morgan fingerprint density at radius 2 is 1.80 bits per heavy atom. The highest BCUT2D eigenvalue weighted by Gasteiger charge is 2.18. The Kier molecular flexibility index (Phi) is 5.80. The van der Waals surface area contributed by atoms with Gasteiger partial charge < -0.3 is 9.73 Å². The highest BCUT2D eigenvalue weighted by atomic mass is 32.2.